The van der Waals surface area contributed by atoms with E-state index in [-0.39, 0.29) is 0 Å². The fourth-order valence-electron chi connectivity index (χ4n) is 1.09. The summed E-state index contributed by atoms with van der Waals surface area (Å²) in [4.78, 5) is 0. The van der Waals surface area contributed by atoms with Crippen molar-refractivity contribution >= 4 is 39.3 Å². The molecule has 0 amide bonds. The summed E-state index contributed by atoms with van der Waals surface area (Å²) in [5.74, 6) is 2.96. The molecular weight excluding hydrogens is 256 g/mol. The smallest absolute Gasteiger partial charge is 0.118 e. The number of thiocarbonyl (C=S) groups is 1. The van der Waals surface area contributed by atoms with Gasteiger partial charge < -0.3 is 4.74 Å². The van der Waals surface area contributed by atoms with Gasteiger partial charge >= 0.3 is 0 Å². The molecule has 1 aromatic carbocycles. The topological polar surface area (TPSA) is 9.23 Å². The highest BCUT2D eigenvalue weighted by atomic mass is 32.2. The van der Waals surface area contributed by atoms with E-state index >= 15 is 0 Å². The molecule has 1 aromatic rings. The predicted molar refractivity (Wildman–Crippen MR) is 79.6 cm³/mol. The van der Waals surface area contributed by atoms with E-state index in [1.54, 1.807) is 30.6 Å². The van der Waals surface area contributed by atoms with Crippen LogP contribution in [0.2, 0.25) is 0 Å². The van der Waals surface area contributed by atoms with Gasteiger partial charge in [0, 0.05) is 5.75 Å². The molecule has 0 N–H and O–H groups in total. The molecule has 1 nitrogen and oxygen atoms in total. The van der Waals surface area contributed by atoms with Gasteiger partial charge in [0.05, 0.1) is 7.11 Å². The lowest BCUT2D eigenvalue weighted by Crippen LogP contribution is -1.87. The molecule has 0 fully saturated rings. The highest BCUT2D eigenvalue weighted by Crippen LogP contribution is 2.23. The summed E-state index contributed by atoms with van der Waals surface area (Å²) in [6.07, 6.45) is 1.17. The molecule has 0 bridgehead atoms. The van der Waals surface area contributed by atoms with Gasteiger partial charge in [-0.3, -0.25) is 0 Å². The Labute approximate surface area is 111 Å². The number of hydrogen-bond donors (Lipinski definition) is 0. The van der Waals surface area contributed by atoms with E-state index in [0.717, 1.165) is 20.8 Å². The summed E-state index contributed by atoms with van der Waals surface area (Å²) >= 11 is 8.78. The minimum atomic E-state index is 0.900. The van der Waals surface area contributed by atoms with Crippen LogP contribution in [0.3, 0.4) is 0 Å². The van der Waals surface area contributed by atoms with Gasteiger partial charge in [-0.25, -0.2) is 0 Å². The first kappa shape index (κ1) is 13.9. The molecule has 0 aliphatic carbocycles. The highest BCUT2D eigenvalue weighted by molar-refractivity contribution is 8.46. The lowest BCUT2D eigenvalue weighted by molar-refractivity contribution is 0.414. The first-order valence-electron chi connectivity index (χ1n) is 5.18. The largest absolute Gasteiger partial charge is 0.497 e. The Morgan fingerprint density at radius 3 is 2.50 bits per heavy atom. The Kier molecular flexibility index (Phi) is 6.92. The van der Waals surface area contributed by atoms with Crippen molar-refractivity contribution in [3.63, 3.8) is 0 Å². The van der Waals surface area contributed by atoms with Crippen molar-refractivity contribution in [3.8, 4) is 5.75 Å². The van der Waals surface area contributed by atoms with Crippen LogP contribution in [0, 0.1) is 0 Å². The number of ether oxygens (including phenoxy) is 1. The van der Waals surface area contributed by atoms with Gasteiger partial charge in [-0.15, -0.1) is 23.5 Å². The third-order valence-electron chi connectivity index (χ3n) is 1.94. The molecule has 0 aromatic heterocycles. The molecule has 0 saturated carbocycles. The van der Waals surface area contributed by atoms with Crippen LogP contribution in [-0.2, 0) is 5.75 Å². The molecule has 0 unspecified atom stereocenters. The Bertz CT molecular complexity index is 322. The van der Waals surface area contributed by atoms with Crippen molar-refractivity contribution in [3.05, 3.63) is 29.8 Å². The molecule has 0 atom stereocenters. The quantitative estimate of drug-likeness (QED) is 0.736. The number of rotatable bonds is 5. The number of hydrogen-bond acceptors (Lipinski definition) is 4. The molecule has 16 heavy (non-hydrogen) atoms. The number of thioether (sulfide) groups is 2. The zero-order chi connectivity index (χ0) is 11.8. The van der Waals surface area contributed by atoms with Gasteiger partial charge in [0.2, 0.25) is 0 Å². The molecule has 0 saturated heterocycles. The number of benzene rings is 1. The van der Waals surface area contributed by atoms with E-state index in [2.05, 4.69) is 19.1 Å². The lowest BCUT2D eigenvalue weighted by atomic mass is 10.2. The molecule has 1 rings (SSSR count). The summed E-state index contributed by atoms with van der Waals surface area (Å²) in [5, 5.41) is 0. The van der Waals surface area contributed by atoms with Crippen molar-refractivity contribution < 1.29 is 4.74 Å². The molecule has 0 spiro atoms. The molecule has 4 heteroatoms. The Balaban J connectivity index is 2.33. The van der Waals surface area contributed by atoms with Crippen molar-refractivity contribution in [2.45, 2.75) is 19.1 Å². The normalized spacial score (nSPS) is 10.1. The summed E-state index contributed by atoms with van der Waals surface area (Å²) in [6, 6.07) is 8.13. The van der Waals surface area contributed by atoms with Crippen LogP contribution in [-0.4, -0.2) is 16.4 Å². The second-order valence-corrected chi connectivity index (χ2v) is 6.51. The maximum atomic E-state index is 5.27. The van der Waals surface area contributed by atoms with Crippen LogP contribution in [0.25, 0.3) is 0 Å². The standard InChI is InChI=1S/C12H16OS3/c1-3-8-15-12(14)16-9-10-4-6-11(13-2)7-5-10/h4-7H,3,8-9H2,1-2H3. The van der Waals surface area contributed by atoms with Crippen molar-refractivity contribution in [1.29, 1.82) is 0 Å². The fourth-order valence-corrected chi connectivity index (χ4v) is 3.13. The second kappa shape index (κ2) is 7.98. The Morgan fingerprint density at radius 2 is 1.94 bits per heavy atom. The minimum absolute atomic E-state index is 0.900. The maximum Gasteiger partial charge on any atom is 0.118 e. The molecule has 0 heterocycles. The van der Waals surface area contributed by atoms with E-state index in [4.69, 9.17) is 17.0 Å². The van der Waals surface area contributed by atoms with Crippen molar-refractivity contribution in [2.24, 2.45) is 0 Å². The molecular formula is C12H16OS3. The third-order valence-corrected chi connectivity index (χ3v) is 4.92. The van der Waals surface area contributed by atoms with E-state index in [1.165, 1.54) is 12.0 Å². The van der Waals surface area contributed by atoms with E-state index in [9.17, 15) is 0 Å². The average Bonchev–Trinajstić information content (AvgIpc) is 2.34. The van der Waals surface area contributed by atoms with E-state index in [0.29, 0.717) is 0 Å². The van der Waals surface area contributed by atoms with Crippen LogP contribution in [0.5, 0.6) is 5.75 Å². The van der Waals surface area contributed by atoms with Crippen LogP contribution < -0.4 is 4.74 Å². The predicted octanol–water partition coefficient (Wildman–Crippen LogP) is 4.36. The van der Waals surface area contributed by atoms with Crippen molar-refractivity contribution in [1.82, 2.24) is 0 Å². The van der Waals surface area contributed by atoms with E-state index in [1.807, 2.05) is 12.1 Å². The zero-order valence-electron chi connectivity index (χ0n) is 9.56. The van der Waals surface area contributed by atoms with Gasteiger partial charge in [0.1, 0.15) is 9.28 Å². The molecule has 0 aliphatic rings. The van der Waals surface area contributed by atoms with Crippen LogP contribution >= 0.6 is 35.7 Å². The first-order valence-corrected chi connectivity index (χ1v) is 7.56. The molecule has 0 aliphatic heterocycles. The highest BCUT2D eigenvalue weighted by Gasteiger charge is 2.00. The van der Waals surface area contributed by atoms with Crippen LogP contribution in [0.4, 0.5) is 0 Å². The maximum absolute atomic E-state index is 5.27. The minimum Gasteiger partial charge on any atom is -0.497 e. The van der Waals surface area contributed by atoms with Crippen LogP contribution in [0.1, 0.15) is 18.9 Å². The summed E-state index contributed by atoms with van der Waals surface area (Å²) < 4.78 is 6.15. The van der Waals surface area contributed by atoms with Crippen LogP contribution in [0.15, 0.2) is 24.3 Å². The number of methoxy groups -OCH3 is 1. The monoisotopic (exact) mass is 272 g/mol. The summed E-state index contributed by atoms with van der Waals surface area (Å²) in [7, 11) is 1.68. The molecule has 0 radical (unpaired) electrons. The van der Waals surface area contributed by atoms with Gasteiger partial charge in [-0.2, -0.15) is 0 Å². The average molecular weight is 272 g/mol. The summed E-state index contributed by atoms with van der Waals surface area (Å²) in [5.41, 5.74) is 1.28. The third kappa shape index (κ3) is 5.23. The lowest BCUT2D eigenvalue weighted by Gasteiger charge is -2.04. The molecule has 88 valence electrons. The zero-order valence-corrected chi connectivity index (χ0v) is 12.0. The Hall–Kier alpha value is -0.190. The summed E-state index contributed by atoms with van der Waals surface area (Å²) in [6.45, 7) is 2.17. The first-order chi connectivity index (χ1) is 7.76. The SMILES string of the molecule is CCCSC(=S)SCc1ccc(OC)cc1. The van der Waals surface area contributed by atoms with Gasteiger partial charge in [-0.05, 0) is 29.9 Å². The van der Waals surface area contributed by atoms with Gasteiger partial charge in [0.15, 0.2) is 0 Å². The second-order valence-electron chi connectivity index (χ2n) is 3.24. The van der Waals surface area contributed by atoms with Gasteiger partial charge in [-0.1, -0.05) is 31.3 Å². The fraction of sp³-hybridized carbons (Fsp3) is 0.417. The van der Waals surface area contributed by atoms with Gasteiger partial charge in [0.25, 0.3) is 0 Å². The Morgan fingerprint density at radius 1 is 1.25 bits per heavy atom. The van der Waals surface area contributed by atoms with Crippen molar-refractivity contribution in [2.75, 3.05) is 12.9 Å². The van der Waals surface area contributed by atoms with E-state index < -0.39 is 0 Å².